The summed E-state index contributed by atoms with van der Waals surface area (Å²) in [6.07, 6.45) is 2.06. The van der Waals surface area contributed by atoms with E-state index in [2.05, 4.69) is 6.92 Å². The third kappa shape index (κ3) is 2.32. The number of aliphatic hydroxyl groups excluding tert-OH is 1. The van der Waals surface area contributed by atoms with Gasteiger partial charge in [-0.25, -0.2) is 0 Å². The van der Waals surface area contributed by atoms with E-state index in [1.165, 1.54) is 0 Å². The van der Waals surface area contributed by atoms with Crippen LogP contribution in [0.25, 0.3) is 0 Å². The molecule has 0 aromatic carbocycles. The maximum atomic E-state index is 12.0. The Bertz CT molecular complexity index is 244. The molecule has 2 heterocycles. The summed E-state index contributed by atoms with van der Waals surface area (Å²) in [4.78, 5) is 13.8. The monoisotopic (exact) mass is 213 g/mol. The lowest BCUT2D eigenvalue weighted by molar-refractivity contribution is -0.145. The number of β-amino-alcohol motifs (C(OH)–C–C–N with tert-alkyl or cyclic N) is 1. The van der Waals surface area contributed by atoms with Gasteiger partial charge in [0.05, 0.1) is 6.10 Å². The summed E-state index contributed by atoms with van der Waals surface area (Å²) in [6, 6.07) is 0. The van der Waals surface area contributed by atoms with Crippen molar-refractivity contribution in [2.24, 2.45) is 5.92 Å². The molecule has 0 saturated carbocycles. The van der Waals surface area contributed by atoms with Gasteiger partial charge in [-0.05, 0) is 25.2 Å². The van der Waals surface area contributed by atoms with E-state index in [1.807, 2.05) is 0 Å². The molecule has 2 rings (SSSR count). The standard InChI is InChI=1S/C11H19NO3/c1-8-4-6-15-10(8)11(14)12-5-2-3-9(13)7-12/h8-10,13H,2-7H2,1H3/t8?,9-,10?/m0/s1. The minimum atomic E-state index is -0.348. The molecule has 15 heavy (non-hydrogen) atoms. The van der Waals surface area contributed by atoms with Gasteiger partial charge >= 0.3 is 0 Å². The minimum absolute atomic E-state index is 0.0683. The second-order valence-electron chi connectivity index (χ2n) is 4.64. The van der Waals surface area contributed by atoms with E-state index in [-0.39, 0.29) is 18.1 Å². The topological polar surface area (TPSA) is 49.8 Å². The Balaban J connectivity index is 1.94. The highest BCUT2D eigenvalue weighted by molar-refractivity contribution is 5.81. The average Bonchev–Trinajstić information content (AvgIpc) is 2.63. The van der Waals surface area contributed by atoms with Crippen molar-refractivity contribution >= 4 is 5.91 Å². The zero-order valence-corrected chi connectivity index (χ0v) is 9.19. The van der Waals surface area contributed by atoms with Crippen LogP contribution in [0.3, 0.4) is 0 Å². The number of piperidine rings is 1. The molecule has 0 spiro atoms. The summed E-state index contributed by atoms with van der Waals surface area (Å²) in [6.45, 7) is 3.98. The predicted molar refractivity (Wildman–Crippen MR) is 55.3 cm³/mol. The van der Waals surface area contributed by atoms with Gasteiger partial charge in [0.25, 0.3) is 5.91 Å². The normalized spacial score (nSPS) is 36.9. The Morgan fingerprint density at radius 3 is 2.87 bits per heavy atom. The smallest absolute Gasteiger partial charge is 0.252 e. The molecule has 1 N–H and O–H groups in total. The van der Waals surface area contributed by atoms with Crippen LogP contribution in [0, 0.1) is 5.92 Å². The SMILES string of the molecule is CC1CCOC1C(=O)N1CCC[C@H](O)C1. The van der Waals surface area contributed by atoms with Crippen LogP contribution in [0.15, 0.2) is 0 Å². The average molecular weight is 213 g/mol. The van der Waals surface area contributed by atoms with Crippen LogP contribution in [0.1, 0.15) is 26.2 Å². The summed E-state index contributed by atoms with van der Waals surface area (Å²) < 4.78 is 5.44. The fourth-order valence-corrected chi connectivity index (χ4v) is 2.35. The van der Waals surface area contributed by atoms with Gasteiger partial charge in [0.1, 0.15) is 6.10 Å². The molecule has 2 unspecified atom stereocenters. The first-order valence-corrected chi connectivity index (χ1v) is 5.77. The fourth-order valence-electron chi connectivity index (χ4n) is 2.35. The summed E-state index contributed by atoms with van der Waals surface area (Å²) in [5.74, 6) is 0.385. The van der Waals surface area contributed by atoms with Gasteiger partial charge < -0.3 is 14.7 Å². The number of nitrogens with zero attached hydrogens (tertiary/aromatic N) is 1. The lowest BCUT2D eigenvalue weighted by atomic mass is 10.0. The first-order valence-electron chi connectivity index (χ1n) is 5.77. The zero-order valence-electron chi connectivity index (χ0n) is 9.19. The van der Waals surface area contributed by atoms with E-state index < -0.39 is 0 Å². The van der Waals surface area contributed by atoms with Crippen molar-refractivity contribution < 1.29 is 14.6 Å². The number of carbonyl (C=O) groups excluding carboxylic acids is 1. The number of rotatable bonds is 1. The molecule has 2 aliphatic rings. The number of ether oxygens (including phenoxy) is 1. The van der Waals surface area contributed by atoms with Crippen LogP contribution in [0.5, 0.6) is 0 Å². The van der Waals surface area contributed by atoms with Gasteiger partial charge in [0.2, 0.25) is 0 Å². The van der Waals surface area contributed by atoms with Crippen molar-refractivity contribution in [3.05, 3.63) is 0 Å². The Kier molecular flexibility index (Phi) is 3.26. The first-order chi connectivity index (χ1) is 7.18. The van der Waals surface area contributed by atoms with Crippen LogP contribution in [-0.2, 0) is 9.53 Å². The highest BCUT2D eigenvalue weighted by Gasteiger charge is 2.35. The zero-order chi connectivity index (χ0) is 10.8. The second kappa shape index (κ2) is 4.49. The summed E-state index contributed by atoms with van der Waals surface area (Å²) in [7, 11) is 0. The van der Waals surface area contributed by atoms with Crippen molar-refractivity contribution in [2.45, 2.75) is 38.4 Å². The highest BCUT2D eigenvalue weighted by atomic mass is 16.5. The van der Waals surface area contributed by atoms with Gasteiger partial charge in [0.15, 0.2) is 0 Å². The van der Waals surface area contributed by atoms with Crippen molar-refractivity contribution in [3.8, 4) is 0 Å². The first kappa shape index (κ1) is 10.9. The molecule has 0 aromatic rings. The third-order valence-corrected chi connectivity index (χ3v) is 3.34. The minimum Gasteiger partial charge on any atom is -0.391 e. The molecule has 4 nitrogen and oxygen atoms in total. The number of aliphatic hydroxyl groups is 1. The molecule has 86 valence electrons. The van der Waals surface area contributed by atoms with Gasteiger partial charge in [-0.15, -0.1) is 0 Å². The lowest BCUT2D eigenvalue weighted by Crippen LogP contribution is -2.47. The fraction of sp³-hybridized carbons (Fsp3) is 0.909. The Hall–Kier alpha value is -0.610. The van der Waals surface area contributed by atoms with E-state index >= 15 is 0 Å². The van der Waals surface area contributed by atoms with Crippen LogP contribution in [0.2, 0.25) is 0 Å². The molecule has 3 atom stereocenters. The quantitative estimate of drug-likeness (QED) is 0.685. The second-order valence-corrected chi connectivity index (χ2v) is 4.64. The summed E-state index contributed by atoms with van der Waals surface area (Å²) >= 11 is 0. The number of likely N-dealkylation sites (tertiary alicyclic amines) is 1. The number of carbonyl (C=O) groups is 1. The molecule has 1 amide bonds. The molecule has 0 aliphatic carbocycles. The molecular formula is C11H19NO3. The van der Waals surface area contributed by atoms with E-state index in [0.717, 1.165) is 25.8 Å². The third-order valence-electron chi connectivity index (χ3n) is 3.34. The maximum Gasteiger partial charge on any atom is 0.252 e. The van der Waals surface area contributed by atoms with Crippen LogP contribution in [-0.4, -0.2) is 47.8 Å². The number of hydrogen-bond donors (Lipinski definition) is 1. The van der Waals surface area contributed by atoms with Crippen LogP contribution < -0.4 is 0 Å². The van der Waals surface area contributed by atoms with E-state index in [1.54, 1.807) is 4.90 Å². The highest BCUT2D eigenvalue weighted by Crippen LogP contribution is 2.23. The maximum absolute atomic E-state index is 12.0. The Morgan fingerprint density at radius 2 is 2.27 bits per heavy atom. The molecule has 0 aromatic heterocycles. The Morgan fingerprint density at radius 1 is 1.47 bits per heavy atom. The van der Waals surface area contributed by atoms with Crippen LogP contribution >= 0.6 is 0 Å². The largest absolute Gasteiger partial charge is 0.391 e. The molecule has 0 bridgehead atoms. The molecule has 2 fully saturated rings. The predicted octanol–water partition coefficient (Wildman–Crippen LogP) is 0.395. The van der Waals surface area contributed by atoms with E-state index in [4.69, 9.17) is 4.74 Å². The molecule has 0 radical (unpaired) electrons. The number of amides is 1. The molecule has 4 heteroatoms. The lowest BCUT2D eigenvalue weighted by Gasteiger charge is -2.32. The van der Waals surface area contributed by atoms with Crippen LogP contribution in [0.4, 0.5) is 0 Å². The summed E-state index contributed by atoms with van der Waals surface area (Å²) in [5, 5.41) is 9.50. The van der Waals surface area contributed by atoms with Gasteiger partial charge in [-0.2, -0.15) is 0 Å². The van der Waals surface area contributed by atoms with Crippen molar-refractivity contribution in [3.63, 3.8) is 0 Å². The van der Waals surface area contributed by atoms with Gasteiger partial charge in [-0.3, -0.25) is 4.79 Å². The van der Waals surface area contributed by atoms with E-state index in [9.17, 15) is 9.90 Å². The van der Waals surface area contributed by atoms with Gasteiger partial charge in [-0.1, -0.05) is 6.92 Å². The molecule has 2 saturated heterocycles. The van der Waals surface area contributed by atoms with Gasteiger partial charge in [0, 0.05) is 19.7 Å². The molecular weight excluding hydrogens is 194 g/mol. The van der Waals surface area contributed by atoms with Crippen molar-refractivity contribution in [2.75, 3.05) is 19.7 Å². The number of hydrogen-bond acceptors (Lipinski definition) is 3. The molecule has 2 aliphatic heterocycles. The summed E-state index contributed by atoms with van der Waals surface area (Å²) in [5.41, 5.74) is 0. The van der Waals surface area contributed by atoms with Crippen molar-refractivity contribution in [1.29, 1.82) is 0 Å². The Labute approximate surface area is 90.2 Å². The van der Waals surface area contributed by atoms with Crippen molar-refractivity contribution in [1.82, 2.24) is 4.90 Å². The van der Waals surface area contributed by atoms with E-state index in [0.29, 0.717) is 19.1 Å².